The lowest BCUT2D eigenvalue weighted by molar-refractivity contribution is 0.0939. The SMILES string of the molecule is COc1ccc(C(=O)NC[C@H]2COc3ccccc3C2)cc1N1CCOCC1. The first kappa shape index (κ1) is 18.6. The molecule has 2 heterocycles. The summed E-state index contributed by atoms with van der Waals surface area (Å²) in [5, 5.41) is 3.06. The molecule has 0 spiro atoms. The molecule has 1 fully saturated rings. The fourth-order valence-electron chi connectivity index (χ4n) is 3.74. The van der Waals surface area contributed by atoms with Crippen molar-refractivity contribution >= 4 is 11.6 Å². The maximum absolute atomic E-state index is 12.7. The Balaban J connectivity index is 1.41. The second kappa shape index (κ2) is 8.52. The average molecular weight is 382 g/mol. The molecule has 0 saturated carbocycles. The van der Waals surface area contributed by atoms with Crippen LogP contribution in [0.25, 0.3) is 0 Å². The predicted molar refractivity (Wildman–Crippen MR) is 107 cm³/mol. The monoisotopic (exact) mass is 382 g/mol. The number of carbonyl (C=O) groups excluding carboxylic acids is 1. The highest BCUT2D eigenvalue weighted by Gasteiger charge is 2.21. The van der Waals surface area contributed by atoms with Crippen molar-refractivity contribution in [3.8, 4) is 11.5 Å². The van der Waals surface area contributed by atoms with Crippen molar-refractivity contribution in [2.45, 2.75) is 6.42 Å². The molecule has 1 saturated heterocycles. The third-order valence-electron chi connectivity index (χ3n) is 5.30. The van der Waals surface area contributed by atoms with Gasteiger partial charge < -0.3 is 24.4 Å². The van der Waals surface area contributed by atoms with Gasteiger partial charge in [0.2, 0.25) is 0 Å². The predicted octanol–water partition coefficient (Wildman–Crippen LogP) is 2.51. The summed E-state index contributed by atoms with van der Waals surface area (Å²) in [7, 11) is 1.65. The van der Waals surface area contributed by atoms with Gasteiger partial charge in [-0.25, -0.2) is 0 Å². The van der Waals surface area contributed by atoms with Gasteiger partial charge in [0.25, 0.3) is 5.91 Å². The maximum Gasteiger partial charge on any atom is 0.251 e. The molecular formula is C22H26N2O4. The summed E-state index contributed by atoms with van der Waals surface area (Å²) in [6, 6.07) is 13.7. The van der Waals surface area contributed by atoms with Crippen LogP contribution < -0.4 is 19.7 Å². The Bertz CT molecular complexity index is 833. The molecule has 2 aromatic rings. The molecule has 148 valence electrons. The van der Waals surface area contributed by atoms with Crippen molar-refractivity contribution < 1.29 is 19.0 Å². The third kappa shape index (κ3) is 4.07. The van der Waals surface area contributed by atoms with Crippen LogP contribution in [0.15, 0.2) is 42.5 Å². The Kier molecular flexibility index (Phi) is 5.67. The third-order valence-corrected chi connectivity index (χ3v) is 5.30. The molecule has 4 rings (SSSR count). The molecule has 6 nitrogen and oxygen atoms in total. The molecule has 2 aliphatic heterocycles. The number of nitrogens with one attached hydrogen (secondary N) is 1. The highest BCUT2D eigenvalue weighted by Crippen LogP contribution is 2.30. The zero-order chi connectivity index (χ0) is 19.3. The van der Waals surface area contributed by atoms with Crippen molar-refractivity contribution in [1.29, 1.82) is 0 Å². The van der Waals surface area contributed by atoms with Gasteiger partial charge in [-0.2, -0.15) is 0 Å². The van der Waals surface area contributed by atoms with Crippen molar-refractivity contribution in [3.05, 3.63) is 53.6 Å². The summed E-state index contributed by atoms with van der Waals surface area (Å²) in [4.78, 5) is 14.9. The molecule has 6 heteroatoms. The molecule has 0 unspecified atom stereocenters. The number of hydrogen-bond donors (Lipinski definition) is 1. The zero-order valence-corrected chi connectivity index (χ0v) is 16.1. The van der Waals surface area contributed by atoms with Gasteiger partial charge in [-0.15, -0.1) is 0 Å². The zero-order valence-electron chi connectivity index (χ0n) is 16.1. The van der Waals surface area contributed by atoms with Crippen LogP contribution >= 0.6 is 0 Å². The lowest BCUT2D eigenvalue weighted by atomic mass is 9.96. The first-order valence-electron chi connectivity index (χ1n) is 9.74. The number of carbonyl (C=O) groups is 1. The Labute approximate surface area is 165 Å². The number of hydrogen-bond acceptors (Lipinski definition) is 5. The van der Waals surface area contributed by atoms with Crippen LogP contribution in [0.2, 0.25) is 0 Å². The van der Waals surface area contributed by atoms with Gasteiger partial charge in [0.1, 0.15) is 11.5 Å². The summed E-state index contributed by atoms with van der Waals surface area (Å²) in [5.41, 5.74) is 2.78. The lowest BCUT2D eigenvalue weighted by Gasteiger charge is -2.30. The molecule has 1 amide bonds. The van der Waals surface area contributed by atoms with E-state index in [4.69, 9.17) is 14.2 Å². The van der Waals surface area contributed by atoms with Crippen LogP contribution in [0.5, 0.6) is 11.5 Å². The second-order valence-corrected chi connectivity index (χ2v) is 7.18. The Morgan fingerprint density at radius 1 is 1.21 bits per heavy atom. The van der Waals surface area contributed by atoms with Crippen molar-refractivity contribution in [2.24, 2.45) is 5.92 Å². The highest BCUT2D eigenvalue weighted by atomic mass is 16.5. The maximum atomic E-state index is 12.7. The van der Waals surface area contributed by atoms with E-state index in [1.54, 1.807) is 7.11 Å². The number of rotatable bonds is 5. The van der Waals surface area contributed by atoms with Crippen molar-refractivity contribution in [1.82, 2.24) is 5.32 Å². The Morgan fingerprint density at radius 2 is 2.04 bits per heavy atom. The summed E-state index contributed by atoms with van der Waals surface area (Å²) in [6.45, 7) is 4.16. The minimum atomic E-state index is -0.0731. The van der Waals surface area contributed by atoms with E-state index in [1.165, 1.54) is 5.56 Å². The molecule has 2 aliphatic rings. The fraction of sp³-hybridized carbons (Fsp3) is 0.409. The lowest BCUT2D eigenvalue weighted by Crippen LogP contribution is -2.37. The molecule has 2 aromatic carbocycles. The standard InChI is InChI=1S/C22H26N2O4/c1-26-21-7-6-18(13-19(21)24-8-10-27-11-9-24)22(25)23-14-16-12-17-4-2-3-5-20(17)28-15-16/h2-7,13,16H,8-12,14-15H2,1H3,(H,23,25)/t16-/m0/s1. The van der Waals surface area contributed by atoms with E-state index < -0.39 is 0 Å². The number of morpholine rings is 1. The normalized spacial score (nSPS) is 18.8. The van der Waals surface area contributed by atoms with Crippen LogP contribution in [-0.4, -0.2) is 52.5 Å². The summed E-state index contributed by atoms with van der Waals surface area (Å²) in [5.74, 6) is 1.93. The molecule has 0 aromatic heterocycles. The van der Waals surface area contributed by atoms with E-state index >= 15 is 0 Å². The molecule has 1 atom stereocenters. The molecule has 0 radical (unpaired) electrons. The van der Waals surface area contributed by atoms with E-state index in [0.717, 1.165) is 36.7 Å². The number of para-hydroxylation sites is 1. The van der Waals surface area contributed by atoms with E-state index in [2.05, 4.69) is 16.3 Å². The quantitative estimate of drug-likeness (QED) is 0.861. The Morgan fingerprint density at radius 3 is 2.86 bits per heavy atom. The van der Waals surface area contributed by atoms with Gasteiger partial charge in [-0.05, 0) is 36.2 Å². The first-order valence-corrected chi connectivity index (χ1v) is 9.74. The van der Waals surface area contributed by atoms with Crippen molar-refractivity contribution in [2.75, 3.05) is 51.5 Å². The van der Waals surface area contributed by atoms with E-state index in [0.29, 0.717) is 31.9 Å². The van der Waals surface area contributed by atoms with Gasteiger partial charge >= 0.3 is 0 Å². The summed E-state index contributed by atoms with van der Waals surface area (Å²) in [6.07, 6.45) is 0.915. The second-order valence-electron chi connectivity index (χ2n) is 7.18. The number of fused-ring (bicyclic) bond motifs is 1. The number of methoxy groups -OCH3 is 1. The highest BCUT2D eigenvalue weighted by molar-refractivity contribution is 5.95. The molecule has 1 N–H and O–H groups in total. The number of anilines is 1. The first-order chi connectivity index (χ1) is 13.7. The van der Waals surface area contributed by atoms with Gasteiger partial charge in [0.15, 0.2) is 0 Å². The molecular weight excluding hydrogens is 356 g/mol. The average Bonchev–Trinajstić information content (AvgIpc) is 2.77. The van der Waals surface area contributed by atoms with E-state index in [9.17, 15) is 4.79 Å². The largest absolute Gasteiger partial charge is 0.495 e. The number of ether oxygens (including phenoxy) is 3. The van der Waals surface area contributed by atoms with E-state index in [-0.39, 0.29) is 11.8 Å². The van der Waals surface area contributed by atoms with Crippen LogP contribution in [0, 0.1) is 5.92 Å². The number of nitrogens with zero attached hydrogens (tertiary/aromatic N) is 1. The number of amides is 1. The minimum absolute atomic E-state index is 0.0731. The van der Waals surface area contributed by atoms with Crippen LogP contribution in [0.3, 0.4) is 0 Å². The molecule has 28 heavy (non-hydrogen) atoms. The smallest absolute Gasteiger partial charge is 0.251 e. The van der Waals surface area contributed by atoms with Crippen LogP contribution in [0.4, 0.5) is 5.69 Å². The van der Waals surface area contributed by atoms with Gasteiger partial charge in [0.05, 0.1) is 32.6 Å². The van der Waals surface area contributed by atoms with Crippen LogP contribution in [0.1, 0.15) is 15.9 Å². The molecule has 0 aliphatic carbocycles. The van der Waals surface area contributed by atoms with Gasteiger partial charge in [-0.1, -0.05) is 18.2 Å². The van der Waals surface area contributed by atoms with E-state index in [1.807, 2.05) is 36.4 Å². The minimum Gasteiger partial charge on any atom is -0.495 e. The molecule has 0 bridgehead atoms. The van der Waals surface area contributed by atoms with Gasteiger partial charge in [-0.3, -0.25) is 4.79 Å². The van der Waals surface area contributed by atoms with Crippen molar-refractivity contribution in [3.63, 3.8) is 0 Å². The summed E-state index contributed by atoms with van der Waals surface area (Å²) < 4.78 is 16.7. The number of benzene rings is 2. The fourth-order valence-corrected chi connectivity index (χ4v) is 3.74. The summed E-state index contributed by atoms with van der Waals surface area (Å²) >= 11 is 0. The van der Waals surface area contributed by atoms with Gasteiger partial charge in [0, 0.05) is 31.1 Å². The Hall–Kier alpha value is -2.73. The van der Waals surface area contributed by atoms with Crippen LogP contribution in [-0.2, 0) is 11.2 Å². The topological polar surface area (TPSA) is 60.0 Å².